The topological polar surface area (TPSA) is 90.2 Å². The number of rotatable bonds is 1. The van der Waals surface area contributed by atoms with E-state index in [0.717, 1.165) is 0 Å². The molecular weight excluding hydrogens is 200 g/mol. The van der Waals surface area contributed by atoms with E-state index >= 15 is 0 Å². The van der Waals surface area contributed by atoms with Gasteiger partial charge in [0.25, 0.3) is 0 Å². The van der Waals surface area contributed by atoms with Crippen molar-refractivity contribution in [2.75, 3.05) is 6.61 Å². The Labute approximate surface area is 89.3 Å². The summed E-state index contributed by atoms with van der Waals surface area (Å²) in [5.74, 6) is -0.574. The van der Waals surface area contributed by atoms with E-state index in [2.05, 4.69) is 0 Å². The molecule has 0 aromatic carbocycles. The fourth-order valence-electron chi connectivity index (χ4n) is 2.04. The molecule has 15 heavy (non-hydrogen) atoms. The van der Waals surface area contributed by atoms with Crippen LogP contribution >= 0.6 is 0 Å². The normalized spacial score (nSPS) is 43.0. The molecule has 0 amide bonds. The zero-order valence-corrected chi connectivity index (χ0v) is 9.29. The second-order valence-corrected chi connectivity index (χ2v) is 5.12. The van der Waals surface area contributed by atoms with Crippen molar-refractivity contribution in [2.45, 2.75) is 45.4 Å². The highest BCUT2D eigenvalue weighted by Gasteiger charge is 2.48. The summed E-state index contributed by atoms with van der Waals surface area (Å²) in [6.45, 7) is 5.12. The molecule has 0 saturated carbocycles. The lowest BCUT2D eigenvalue weighted by atomic mass is 9.73. The molecule has 1 rings (SSSR count). The Morgan fingerprint density at radius 2 is 1.60 bits per heavy atom. The van der Waals surface area contributed by atoms with Gasteiger partial charge in [-0.15, -0.1) is 0 Å². The zero-order valence-electron chi connectivity index (χ0n) is 9.29. The summed E-state index contributed by atoms with van der Waals surface area (Å²) in [5.41, 5.74) is -0.389. The van der Waals surface area contributed by atoms with Gasteiger partial charge >= 0.3 is 0 Å². The first-order valence-corrected chi connectivity index (χ1v) is 5.09. The third kappa shape index (κ3) is 2.49. The highest BCUT2D eigenvalue weighted by Crippen LogP contribution is 2.37. The lowest BCUT2D eigenvalue weighted by molar-refractivity contribution is -0.286. The molecule has 1 aliphatic rings. The largest absolute Gasteiger partial charge is 0.394 e. The van der Waals surface area contributed by atoms with Crippen molar-refractivity contribution in [3.05, 3.63) is 0 Å². The van der Waals surface area contributed by atoms with E-state index in [0.29, 0.717) is 0 Å². The van der Waals surface area contributed by atoms with Gasteiger partial charge in [0.2, 0.25) is 0 Å². The lowest BCUT2D eigenvalue weighted by Crippen LogP contribution is -2.58. The predicted molar refractivity (Wildman–Crippen MR) is 52.9 cm³/mol. The van der Waals surface area contributed by atoms with Crippen LogP contribution in [0.5, 0.6) is 0 Å². The second kappa shape index (κ2) is 4.35. The molecule has 0 radical (unpaired) electrons. The van der Waals surface area contributed by atoms with E-state index in [1.165, 1.54) is 0 Å². The van der Waals surface area contributed by atoms with Gasteiger partial charge in [0, 0.05) is 5.92 Å². The Morgan fingerprint density at radius 3 is 2.00 bits per heavy atom. The number of hydrogen-bond acceptors (Lipinski definition) is 5. The van der Waals surface area contributed by atoms with Crippen molar-refractivity contribution in [3.8, 4) is 0 Å². The molecule has 5 atom stereocenters. The van der Waals surface area contributed by atoms with Gasteiger partial charge in [-0.3, -0.25) is 0 Å². The van der Waals surface area contributed by atoms with E-state index in [1.54, 1.807) is 0 Å². The molecule has 0 spiro atoms. The van der Waals surface area contributed by atoms with E-state index in [9.17, 15) is 15.3 Å². The molecular formula is C10H20O5. The van der Waals surface area contributed by atoms with Crippen molar-refractivity contribution in [3.63, 3.8) is 0 Å². The van der Waals surface area contributed by atoms with Crippen LogP contribution in [0.4, 0.5) is 0 Å². The van der Waals surface area contributed by atoms with Gasteiger partial charge < -0.3 is 25.2 Å². The van der Waals surface area contributed by atoms with Crippen molar-refractivity contribution in [1.29, 1.82) is 0 Å². The second-order valence-electron chi connectivity index (χ2n) is 5.12. The maximum absolute atomic E-state index is 9.84. The van der Waals surface area contributed by atoms with Gasteiger partial charge in [0.1, 0.15) is 12.2 Å². The highest BCUT2D eigenvalue weighted by molar-refractivity contribution is 4.93. The van der Waals surface area contributed by atoms with Gasteiger partial charge in [-0.1, -0.05) is 20.8 Å². The number of aliphatic hydroxyl groups excluding tert-OH is 4. The zero-order chi connectivity index (χ0) is 11.8. The van der Waals surface area contributed by atoms with Crippen LogP contribution < -0.4 is 0 Å². The van der Waals surface area contributed by atoms with Crippen molar-refractivity contribution in [2.24, 2.45) is 11.3 Å². The molecule has 1 heterocycles. The quantitative estimate of drug-likeness (QED) is 0.459. The molecule has 5 nitrogen and oxygen atoms in total. The average Bonchev–Trinajstić information content (AvgIpc) is 2.09. The van der Waals surface area contributed by atoms with Crippen LogP contribution in [0.2, 0.25) is 0 Å². The summed E-state index contributed by atoms with van der Waals surface area (Å²) in [6, 6.07) is 0. The van der Waals surface area contributed by atoms with Crippen LogP contribution in [0.15, 0.2) is 0 Å². The summed E-state index contributed by atoms with van der Waals surface area (Å²) in [7, 11) is 0. The summed E-state index contributed by atoms with van der Waals surface area (Å²) in [4.78, 5) is 0. The van der Waals surface area contributed by atoms with Crippen LogP contribution in [-0.4, -0.2) is 51.6 Å². The molecule has 0 aromatic heterocycles. The third-order valence-corrected chi connectivity index (χ3v) is 2.90. The SMILES string of the molecule is CC(C)(C)C1C(O)OC(CO)[C@H](O)[C@@H]1O. The van der Waals surface area contributed by atoms with Crippen LogP contribution in [0.3, 0.4) is 0 Å². The molecule has 0 aromatic rings. The molecule has 1 saturated heterocycles. The molecule has 1 fully saturated rings. The van der Waals surface area contributed by atoms with Crippen molar-refractivity contribution < 1.29 is 25.2 Å². The van der Waals surface area contributed by atoms with Crippen LogP contribution in [0.1, 0.15) is 20.8 Å². The smallest absolute Gasteiger partial charge is 0.161 e. The van der Waals surface area contributed by atoms with Crippen LogP contribution in [0.25, 0.3) is 0 Å². The standard InChI is InChI=1S/C10H20O5/c1-10(2,3)6-8(13)7(12)5(4-11)15-9(6)14/h5-9,11-14H,4H2,1-3H3/t5?,6?,7-,8+,9?/m0/s1. The minimum Gasteiger partial charge on any atom is -0.394 e. The maximum atomic E-state index is 9.84. The van der Waals surface area contributed by atoms with Gasteiger partial charge in [0.05, 0.1) is 12.7 Å². The predicted octanol–water partition coefficient (Wildman–Crippen LogP) is -0.920. The minimum absolute atomic E-state index is 0.389. The molecule has 1 aliphatic heterocycles. The Balaban J connectivity index is 2.84. The van der Waals surface area contributed by atoms with Crippen molar-refractivity contribution >= 4 is 0 Å². The average molecular weight is 220 g/mol. The summed E-state index contributed by atoms with van der Waals surface area (Å²) in [5, 5.41) is 38.1. The first kappa shape index (κ1) is 12.9. The molecule has 0 bridgehead atoms. The summed E-state index contributed by atoms with van der Waals surface area (Å²) >= 11 is 0. The maximum Gasteiger partial charge on any atom is 0.161 e. The molecule has 90 valence electrons. The van der Waals surface area contributed by atoms with Crippen molar-refractivity contribution in [1.82, 2.24) is 0 Å². The van der Waals surface area contributed by atoms with Gasteiger partial charge in [-0.2, -0.15) is 0 Å². The van der Waals surface area contributed by atoms with Gasteiger partial charge in [-0.25, -0.2) is 0 Å². The fourth-order valence-corrected chi connectivity index (χ4v) is 2.04. The molecule has 0 aliphatic carbocycles. The van der Waals surface area contributed by atoms with E-state index in [1.807, 2.05) is 20.8 Å². The minimum atomic E-state index is -1.17. The Morgan fingerprint density at radius 1 is 1.07 bits per heavy atom. The molecule has 4 N–H and O–H groups in total. The summed E-state index contributed by atoms with van der Waals surface area (Å²) < 4.78 is 5.05. The van der Waals surface area contributed by atoms with E-state index in [4.69, 9.17) is 9.84 Å². The van der Waals surface area contributed by atoms with Crippen LogP contribution in [0, 0.1) is 11.3 Å². The lowest BCUT2D eigenvalue weighted by Gasteiger charge is -2.45. The molecule has 5 heteroatoms. The number of aliphatic hydroxyl groups is 4. The first-order valence-electron chi connectivity index (χ1n) is 5.09. The Bertz CT molecular complexity index is 212. The third-order valence-electron chi connectivity index (χ3n) is 2.90. The van der Waals surface area contributed by atoms with Gasteiger partial charge in [-0.05, 0) is 5.41 Å². The fraction of sp³-hybridized carbons (Fsp3) is 1.00. The number of ether oxygens (including phenoxy) is 1. The summed E-state index contributed by atoms with van der Waals surface area (Å²) in [6.07, 6.45) is -4.34. The van der Waals surface area contributed by atoms with Gasteiger partial charge in [0.15, 0.2) is 6.29 Å². The first-order chi connectivity index (χ1) is 6.79. The highest BCUT2D eigenvalue weighted by atomic mass is 16.6. The van der Waals surface area contributed by atoms with E-state index in [-0.39, 0.29) is 5.41 Å². The Kier molecular flexibility index (Phi) is 3.73. The van der Waals surface area contributed by atoms with Crippen LogP contribution in [-0.2, 0) is 4.74 Å². The number of hydrogen-bond donors (Lipinski definition) is 4. The molecule has 3 unspecified atom stereocenters. The Hall–Kier alpha value is -0.200. The van der Waals surface area contributed by atoms with E-state index < -0.39 is 37.1 Å². The monoisotopic (exact) mass is 220 g/mol.